The van der Waals surface area contributed by atoms with Gasteiger partial charge in [-0.25, -0.2) is 4.98 Å². The summed E-state index contributed by atoms with van der Waals surface area (Å²) in [5, 5.41) is 8.67. The molecule has 0 atom stereocenters. The SMILES string of the molecule is C=N/C=C\C=C(/C)c1cc2c(-c3ccc(C)c(N4CCN(C)CC4)n3)n[nH]c2cn1. The van der Waals surface area contributed by atoms with E-state index < -0.39 is 0 Å². The Hall–Kier alpha value is -3.32. The first-order valence-electron chi connectivity index (χ1n) is 10.1. The van der Waals surface area contributed by atoms with Gasteiger partial charge in [0, 0.05) is 37.8 Å². The minimum atomic E-state index is 0.847. The van der Waals surface area contributed by atoms with E-state index in [1.54, 1.807) is 6.20 Å². The molecule has 0 amide bonds. The van der Waals surface area contributed by atoms with Gasteiger partial charge in [0.25, 0.3) is 0 Å². The van der Waals surface area contributed by atoms with Crippen LogP contribution in [0.2, 0.25) is 0 Å². The molecule has 154 valence electrons. The van der Waals surface area contributed by atoms with Crippen LogP contribution >= 0.6 is 0 Å². The van der Waals surface area contributed by atoms with E-state index in [1.165, 1.54) is 5.56 Å². The fraction of sp³-hybridized carbons (Fsp3) is 0.304. The van der Waals surface area contributed by atoms with E-state index in [9.17, 15) is 0 Å². The van der Waals surface area contributed by atoms with Crippen molar-refractivity contribution >= 4 is 29.0 Å². The maximum absolute atomic E-state index is 5.01. The number of likely N-dealkylation sites (N-methyl/N-ethyl adjacent to an activating group) is 1. The Morgan fingerprint density at radius 2 is 2.03 bits per heavy atom. The van der Waals surface area contributed by atoms with Crippen molar-refractivity contribution in [3.8, 4) is 11.4 Å². The van der Waals surface area contributed by atoms with E-state index in [2.05, 4.69) is 62.8 Å². The number of pyridine rings is 2. The second-order valence-electron chi connectivity index (χ2n) is 7.69. The third-order valence-electron chi connectivity index (χ3n) is 5.50. The fourth-order valence-electron chi connectivity index (χ4n) is 3.65. The molecule has 3 aromatic rings. The minimum absolute atomic E-state index is 0.847. The van der Waals surface area contributed by atoms with Crippen LogP contribution in [0.4, 0.5) is 5.82 Å². The first kappa shape index (κ1) is 20.0. The number of nitrogens with zero attached hydrogens (tertiary/aromatic N) is 6. The van der Waals surface area contributed by atoms with Gasteiger partial charge in [0.2, 0.25) is 0 Å². The standard InChI is InChI=1S/C23H27N7/c1-16(6-5-9-24-3)20-14-18-21(15-25-20)27-28-22(18)19-8-7-17(2)23(26-19)30-12-10-29(4)11-13-30/h5-9,14-15H,3,10-13H2,1-2,4H3,(H,27,28)/b9-5-,16-6+. The van der Waals surface area contributed by atoms with Crippen molar-refractivity contribution in [3.05, 3.63) is 54.0 Å². The molecule has 4 heterocycles. The molecule has 1 N–H and O–H groups in total. The quantitative estimate of drug-likeness (QED) is 0.521. The van der Waals surface area contributed by atoms with E-state index in [4.69, 9.17) is 4.98 Å². The lowest BCUT2D eigenvalue weighted by atomic mass is 10.1. The molecule has 30 heavy (non-hydrogen) atoms. The van der Waals surface area contributed by atoms with E-state index in [0.717, 1.165) is 65.6 Å². The molecule has 3 aromatic heterocycles. The van der Waals surface area contributed by atoms with Gasteiger partial charge in [0.05, 0.1) is 23.1 Å². The number of H-pyrrole nitrogens is 1. The van der Waals surface area contributed by atoms with E-state index >= 15 is 0 Å². The predicted octanol–water partition coefficient (Wildman–Crippen LogP) is 3.70. The highest BCUT2D eigenvalue weighted by Crippen LogP contribution is 2.29. The van der Waals surface area contributed by atoms with Crippen molar-refractivity contribution in [2.24, 2.45) is 4.99 Å². The van der Waals surface area contributed by atoms with Gasteiger partial charge in [-0.05, 0) is 57.0 Å². The highest BCUT2D eigenvalue weighted by Gasteiger charge is 2.19. The smallest absolute Gasteiger partial charge is 0.132 e. The zero-order valence-electron chi connectivity index (χ0n) is 17.8. The Morgan fingerprint density at radius 1 is 1.23 bits per heavy atom. The number of aromatic amines is 1. The number of piperazine rings is 1. The molecule has 1 fully saturated rings. The second kappa shape index (κ2) is 8.59. The summed E-state index contributed by atoms with van der Waals surface area (Å²) in [5.41, 5.74) is 5.74. The first-order valence-corrected chi connectivity index (χ1v) is 10.1. The van der Waals surface area contributed by atoms with Crippen LogP contribution in [-0.2, 0) is 0 Å². The minimum Gasteiger partial charge on any atom is -0.354 e. The number of aromatic nitrogens is 4. The van der Waals surface area contributed by atoms with Crippen molar-refractivity contribution in [1.29, 1.82) is 0 Å². The molecule has 0 aliphatic carbocycles. The Bertz CT molecular complexity index is 1120. The van der Waals surface area contributed by atoms with Crippen molar-refractivity contribution in [3.63, 3.8) is 0 Å². The zero-order valence-corrected chi connectivity index (χ0v) is 17.8. The molecule has 0 unspecified atom stereocenters. The van der Waals surface area contributed by atoms with Gasteiger partial charge in [-0.1, -0.05) is 12.1 Å². The third kappa shape index (κ3) is 4.02. The maximum Gasteiger partial charge on any atom is 0.132 e. The van der Waals surface area contributed by atoms with Gasteiger partial charge in [0.1, 0.15) is 11.5 Å². The fourth-order valence-corrected chi connectivity index (χ4v) is 3.65. The molecular formula is C23H27N7. The molecule has 0 bridgehead atoms. The number of anilines is 1. The number of allylic oxidation sites excluding steroid dienone is 3. The Morgan fingerprint density at radius 3 is 2.80 bits per heavy atom. The average Bonchev–Trinajstić information content (AvgIpc) is 3.18. The Labute approximate surface area is 176 Å². The third-order valence-corrected chi connectivity index (χ3v) is 5.50. The van der Waals surface area contributed by atoms with Crippen LogP contribution in [0.5, 0.6) is 0 Å². The van der Waals surface area contributed by atoms with Crippen molar-refractivity contribution in [1.82, 2.24) is 25.1 Å². The molecule has 1 aliphatic rings. The van der Waals surface area contributed by atoms with Crippen molar-refractivity contribution in [2.75, 3.05) is 38.1 Å². The summed E-state index contributed by atoms with van der Waals surface area (Å²) in [5.74, 6) is 1.05. The summed E-state index contributed by atoms with van der Waals surface area (Å²) < 4.78 is 0. The van der Waals surface area contributed by atoms with Crippen LogP contribution in [0, 0.1) is 6.92 Å². The van der Waals surface area contributed by atoms with Gasteiger partial charge in [0.15, 0.2) is 0 Å². The van der Waals surface area contributed by atoms with Crippen LogP contribution in [0.15, 0.2) is 47.7 Å². The van der Waals surface area contributed by atoms with Crippen LogP contribution in [-0.4, -0.2) is 65.0 Å². The van der Waals surface area contributed by atoms with E-state index in [0.29, 0.717) is 0 Å². The average molecular weight is 402 g/mol. The molecule has 0 radical (unpaired) electrons. The molecule has 7 nitrogen and oxygen atoms in total. The number of hydrogen-bond acceptors (Lipinski definition) is 6. The lowest BCUT2D eigenvalue weighted by molar-refractivity contribution is 0.312. The lowest BCUT2D eigenvalue weighted by Gasteiger charge is -2.34. The van der Waals surface area contributed by atoms with Crippen molar-refractivity contribution < 1.29 is 0 Å². The van der Waals surface area contributed by atoms with Crippen molar-refractivity contribution in [2.45, 2.75) is 13.8 Å². The normalized spacial score (nSPS) is 16.0. The van der Waals surface area contributed by atoms with Gasteiger partial charge in [-0.2, -0.15) is 5.10 Å². The topological polar surface area (TPSA) is 73.3 Å². The molecular weight excluding hydrogens is 374 g/mol. The maximum atomic E-state index is 5.01. The van der Waals surface area contributed by atoms with E-state index in [-0.39, 0.29) is 0 Å². The molecule has 7 heteroatoms. The molecule has 0 saturated carbocycles. The van der Waals surface area contributed by atoms with Gasteiger partial charge in [-0.15, -0.1) is 0 Å². The molecule has 1 saturated heterocycles. The number of aryl methyl sites for hydroxylation is 1. The van der Waals surface area contributed by atoms with Gasteiger partial charge < -0.3 is 9.80 Å². The first-order chi connectivity index (χ1) is 14.6. The summed E-state index contributed by atoms with van der Waals surface area (Å²) in [7, 11) is 2.16. The van der Waals surface area contributed by atoms with Crippen LogP contribution in [0.25, 0.3) is 27.9 Å². The number of hydrogen-bond donors (Lipinski definition) is 1. The van der Waals surface area contributed by atoms with Gasteiger partial charge >= 0.3 is 0 Å². The summed E-state index contributed by atoms with van der Waals surface area (Å²) in [6.07, 6.45) is 7.30. The second-order valence-corrected chi connectivity index (χ2v) is 7.69. The zero-order chi connectivity index (χ0) is 21.1. The molecule has 1 aliphatic heterocycles. The van der Waals surface area contributed by atoms with Crippen LogP contribution in [0.1, 0.15) is 18.2 Å². The van der Waals surface area contributed by atoms with Crippen LogP contribution in [0.3, 0.4) is 0 Å². The summed E-state index contributed by atoms with van der Waals surface area (Å²) in [6.45, 7) is 11.7. The predicted molar refractivity (Wildman–Crippen MR) is 124 cm³/mol. The Kier molecular flexibility index (Phi) is 5.72. The number of nitrogens with one attached hydrogen (secondary N) is 1. The van der Waals surface area contributed by atoms with E-state index in [1.807, 2.05) is 31.3 Å². The van der Waals surface area contributed by atoms with Crippen LogP contribution < -0.4 is 4.90 Å². The monoisotopic (exact) mass is 401 g/mol. The van der Waals surface area contributed by atoms with Gasteiger partial charge in [-0.3, -0.25) is 15.1 Å². The molecule has 4 rings (SSSR count). The Balaban J connectivity index is 1.72. The lowest BCUT2D eigenvalue weighted by Crippen LogP contribution is -2.45. The number of rotatable bonds is 5. The number of fused-ring (bicyclic) bond motifs is 1. The highest BCUT2D eigenvalue weighted by molar-refractivity contribution is 5.93. The summed E-state index contributed by atoms with van der Waals surface area (Å²) in [4.78, 5) is 18.0. The largest absolute Gasteiger partial charge is 0.354 e. The summed E-state index contributed by atoms with van der Waals surface area (Å²) >= 11 is 0. The summed E-state index contributed by atoms with van der Waals surface area (Å²) in [6, 6.07) is 6.24. The molecule has 0 spiro atoms. The number of aliphatic imine (C=N–C) groups is 1. The highest BCUT2D eigenvalue weighted by atomic mass is 15.3. The molecule has 0 aromatic carbocycles.